The minimum Gasteiger partial charge on any atom is -0.478 e. The van der Waals surface area contributed by atoms with Crippen LogP contribution >= 0.6 is 11.8 Å². The van der Waals surface area contributed by atoms with Gasteiger partial charge in [-0.05, 0) is 61.0 Å². The molecule has 0 aliphatic heterocycles. The lowest BCUT2D eigenvalue weighted by Crippen LogP contribution is -2.19. The van der Waals surface area contributed by atoms with Crippen molar-refractivity contribution in [3.05, 3.63) is 83.9 Å². The van der Waals surface area contributed by atoms with E-state index in [-0.39, 0.29) is 23.3 Å². The van der Waals surface area contributed by atoms with Crippen molar-refractivity contribution >= 4 is 46.7 Å². The molecule has 0 bridgehead atoms. The average molecular weight is 436 g/mol. The Morgan fingerprint density at radius 3 is 2.13 bits per heavy atom. The lowest BCUT2D eigenvalue weighted by Gasteiger charge is -2.10. The van der Waals surface area contributed by atoms with Gasteiger partial charge in [-0.1, -0.05) is 24.3 Å². The Balaban J connectivity index is 1.50. The van der Waals surface area contributed by atoms with Gasteiger partial charge in [-0.2, -0.15) is 0 Å². The van der Waals surface area contributed by atoms with Crippen molar-refractivity contribution in [2.24, 2.45) is 0 Å². The number of benzene rings is 3. The van der Waals surface area contributed by atoms with Crippen molar-refractivity contribution in [1.29, 1.82) is 0 Å². The standard InChI is InChI=1S/C23H21N3O4S/c1-15-7-8-16(22(28)29)13-20(15)26-21(27)14-31-19-11-9-18(10-12-19)25-23(30)24-17-5-3-2-4-6-17/h2-13H,14H2,1H3,(H,26,27)(H,28,29)(H2,24,25,30). The summed E-state index contributed by atoms with van der Waals surface area (Å²) in [6.45, 7) is 1.80. The highest BCUT2D eigenvalue weighted by atomic mass is 32.2. The van der Waals surface area contributed by atoms with Crippen LogP contribution in [0.2, 0.25) is 0 Å². The van der Waals surface area contributed by atoms with Crippen molar-refractivity contribution in [2.45, 2.75) is 11.8 Å². The van der Waals surface area contributed by atoms with Crippen LogP contribution in [0.15, 0.2) is 77.7 Å². The number of anilines is 3. The molecule has 0 saturated carbocycles. The largest absolute Gasteiger partial charge is 0.478 e. The van der Waals surface area contributed by atoms with E-state index in [0.717, 1.165) is 10.5 Å². The van der Waals surface area contributed by atoms with Gasteiger partial charge in [-0.3, -0.25) is 4.79 Å². The first-order valence-electron chi connectivity index (χ1n) is 9.40. The van der Waals surface area contributed by atoms with Gasteiger partial charge in [0.25, 0.3) is 0 Å². The second kappa shape index (κ2) is 10.3. The molecule has 31 heavy (non-hydrogen) atoms. The molecule has 158 valence electrons. The zero-order chi connectivity index (χ0) is 22.2. The summed E-state index contributed by atoms with van der Waals surface area (Å²) in [7, 11) is 0. The fraction of sp³-hybridized carbons (Fsp3) is 0.0870. The summed E-state index contributed by atoms with van der Waals surface area (Å²) >= 11 is 1.34. The third kappa shape index (κ3) is 6.61. The monoisotopic (exact) mass is 435 g/mol. The number of carbonyl (C=O) groups excluding carboxylic acids is 2. The van der Waals surface area contributed by atoms with E-state index in [0.29, 0.717) is 17.1 Å². The maximum atomic E-state index is 12.3. The first-order chi connectivity index (χ1) is 14.9. The predicted octanol–water partition coefficient (Wildman–Crippen LogP) is 5.07. The van der Waals surface area contributed by atoms with Crippen LogP contribution in [0.25, 0.3) is 0 Å². The van der Waals surface area contributed by atoms with Gasteiger partial charge in [-0.15, -0.1) is 11.8 Å². The van der Waals surface area contributed by atoms with Crippen LogP contribution in [0.4, 0.5) is 21.9 Å². The summed E-state index contributed by atoms with van der Waals surface area (Å²) < 4.78 is 0. The number of aromatic carboxylic acids is 1. The third-order valence-corrected chi connectivity index (χ3v) is 5.28. The van der Waals surface area contributed by atoms with E-state index >= 15 is 0 Å². The van der Waals surface area contributed by atoms with Crippen LogP contribution in [0, 0.1) is 6.92 Å². The number of para-hydroxylation sites is 1. The van der Waals surface area contributed by atoms with Crippen molar-refractivity contribution in [2.75, 3.05) is 21.7 Å². The number of rotatable bonds is 7. The van der Waals surface area contributed by atoms with Gasteiger partial charge < -0.3 is 21.1 Å². The van der Waals surface area contributed by atoms with E-state index < -0.39 is 5.97 Å². The fourth-order valence-corrected chi connectivity index (χ4v) is 3.37. The highest BCUT2D eigenvalue weighted by molar-refractivity contribution is 8.00. The summed E-state index contributed by atoms with van der Waals surface area (Å²) in [5.41, 5.74) is 2.71. The minimum atomic E-state index is -1.05. The molecule has 0 aromatic heterocycles. The van der Waals surface area contributed by atoms with Gasteiger partial charge in [0.15, 0.2) is 0 Å². The van der Waals surface area contributed by atoms with E-state index in [4.69, 9.17) is 5.11 Å². The molecule has 4 N–H and O–H groups in total. The third-order valence-electron chi connectivity index (χ3n) is 4.27. The number of nitrogens with one attached hydrogen (secondary N) is 3. The molecule has 0 saturated heterocycles. The first kappa shape index (κ1) is 21.9. The Bertz CT molecular complexity index is 1090. The average Bonchev–Trinajstić information content (AvgIpc) is 2.75. The molecule has 0 fully saturated rings. The van der Waals surface area contributed by atoms with Gasteiger partial charge >= 0.3 is 12.0 Å². The summed E-state index contributed by atoms with van der Waals surface area (Å²) in [4.78, 5) is 36.3. The Kier molecular flexibility index (Phi) is 7.29. The van der Waals surface area contributed by atoms with Crippen LogP contribution < -0.4 is 16.0 Å². The molecule has 0 aliphatic rings. The number of carboxylic acid groups (broad SMARTS) is 1. The molecule has 0 radical (unpaired) electrons. The van der Waals surface area contributed by atoms with Crippen molar-refractivity contribution in [3.63, 3.8) is 0 Å². The number of carboxylic acids is 1. The van der Waals surface area contributed by atoms with Crippen molar-refractivity contribution in [1.82, 2.24) is 0 Å². The number of amides is 3. The smallest absolute Gasteiger partial charge is 0.335 e. The Labute approximate surface area is 183 Å². The maximum absolute atomic E-state index is 12.3. The molecular weight excluding hydrogens is 414 g/mol. The number of aryl methyl sites for hydroxylation is 1. The molecule has 7 nitrogen and oxygen atoms in total. The molecule has 0 spiro atoms. The molecule has 3 aromatic rings. The number of hydrogen-bond acceptors (Lipinski definition) is 4. The molecular formula is C23H21N3O4S. The second-order valence-electron chi connectivity index (χ2n) is 6.64. The number of carbonyl (C=O) groups is 3. The lowest BCUT2D eigenvalue weighted by molar-refractivity contribution is -0.113. The van der Waals surface area contributed by atoms with Gasteiger partial charge in [0.05, 0.1) is 11.3 Å². The van der Waals surface area contributed by atoms with E-state index in [1.165, 1.54) is 23.9 Å². The van der Waals surface area contributed by atoms with Gasteiger partial charge in [0.2, 0.25) is 5.91 Å². The Morgan fingerprint density at radius 1 is 0.839 bits per heavy atom. The molecule has 3 rings (SSSR count). The zero-order valence-electron chi connectivity index (χ0n) is 16.7. The molecule has 0 unspecified atom stereocenters. The molecule has 0 aliphatic carbocycles. The van der Waals surface area contributed by atoms with Crippen LogP contribution in [0.1, 0.15) is 15.9 Å². The maximum Gasteiger partial charge on any atom is 0.335 e. The zero-order valence-corrected chi connectivity index (χ0v) is 17.5. The van der Waals surface area contributed by atoms with Crippen molar-refractivity contribution in [3.8, 4) is 0 Å². The summed E-state index contributed by atoms with van der Waals surface area (Å²) in [5.74, 6) is -1.12. The van der Waals surface area contributed by atoms with E-state index in [1.54, 1.807) is 37.3 Å². The minimum absolute atomic E-state index is 0.118. The quantitative estimate of drug-likeness (QED) is 0.388. The second-order valence-corrected chi connectivity index (χ2v) is 7.69. The summed E-state index contributed by atoms with van der Waals surface area (Å²) in [6.07, 6.45) is 0. The van der Waals surface area contributed by atoms with E-state index in [2.05, 4.69) is 16.0 Å². The van der Waals surface area contributed by atoms with Gasteiger partial charge in [-0.25, -0.2) is 9.59 Å². The van der Waals surface area contributed by atoms with Crippen LogP contribution in [0.5, 0.6) is 0 Å². The summed E-state index contributed by atoms with van der Waals surface area (Å²) in [5, 5.41) is 17.3. The highest BCUT2D eigenvalue weighted by Crippen LogP contribution is 2.22. The molecule has 3 aromatic carbocycles. The SMILES string of the molecule is Cc1ccc(C(=O)O)cc1NC(=O)CSc1ccc(NC(=O)Nc2ccccc2)cc1. The Hall–Kier alpha value is -3.78. The normalized spacial score (nSPS) is 10.2. The van der Waals surface area contributed by atoms with Crippen LogP contribution in [-0.2, 0) is 4.79 Å². The molecule has 3 amide bonds. The number of urea groups is 1. The predicted molar refractivity (Wildman–Crippen MR) is 123 cm³/mol. The fourth-order valence-electron chi connectivity index (χ4n) is 2.67. The van der Waals surface area contributed by atoms with Crippen molar-refractivity contribution < 1.29 is 19.5 Å². The number of hydrogen-bond donors (Lipinski definition) is 4. The topological polar surface area (TPSA) is 108 Å². The van der Waals surface area contributed by atoms with Gasteiger partial charge in [0.1, 0.15) is 0 Å². The van der Waals surface area contributed by atoms with E-state index in [1.807, 2.05) is 30.3 Å². The molecule has 0 heterocycles. The van der Waals surface area contributed by atoms with Crippen LogP contribution in [-0.4, -0.2) is 28.8 Å². The van der Waals surface area contributed by atoms with Gasteiger partial charge in [0, 0.05) is 22.0 Å². The lowest BCUT2D eigenvalue weighted by atomic mass is 10.1. The number of thioether (sulfide) groups is 1. The summed E-state index contributed by atoms with van der Waals surface area (Å²) in [6, 6.07) is 20.5. The highest BCUT2D eigenvalue weighted by Gasteiger charge is 2.10. The molecule has 8 heteroatoms. The Morgan fingerprint density at radius 2 is 1.48 bits per heavy atom. The first-order valence-corrected chi connectivity index (χ1v) is 10.4. The van der Waals surface area contributed by atoms with Crippen LogP contribution in [0.3, 0.4) is 0 Å². The van der Waals surface area contributed by atoms with E-state index in [9.17, 15) is 14.4 Å². The molecule has 0 atom stereocenters.